The molecule has 1 heterocycles. The maximum absolute atomic E-state index is 13.7. The van der Waals surface area contributed by atoms with Gasteiger partial charge in [-0.2, -0.15) is 0 Å². The molecule has 0 saturated carbocycles. The molecule has 0 atom stereocenters. The molecule has 0 bridgehead atoms. The van der Waals surface area contributed by atoms with E-state index in [9.17, 15) is 9.18 Å². The quantitative estimate of drug-likeness (QED) is 0.664. The van der Waals surface area contributed by atoms with E-state index in [0.29, 0.717) is 5.69 Å². The first kappa shape index (κ1) is 12.1. The number of nitrogens with two attached hydrogens (primary N) is 1. The molecule has 5 nitrogen and oxygen atoms in total. The van der Waals surface area contributed by atoms with E-state index < -0.39 is 11.8 Å². The zero-order chi connectivity index (χ0) is 13.1. The summed E-state index contributed by atoms with van der Waals surface area (Å²) in [5.74, 6) is -1.05. The maximum Gasteiger partial charge on any atom is 0.356 e. The fourth-order valence-corrected chi connectivity index (χ4v) is 1.56. The Morgan fingerprint density at radius 2 is 2.33 bits per heavy atom. The average Bonchev–Trinajstić information content (AvgIpc) is 2.81. The van der Waals surface area contributed by atoms with Crippen LogP contribution in [0.2, 0.25) is 0 Å². The largest absolute Gasteiger partial charge is 0.461 e. The van der Waals surface area contributed by atoms with E-state index >= 15 is 0 Å². The number of ether oxygens (including phenoxy) is 1. The summed E-state index contributed by atoms with van der Waals surface area (Å²) in [6.45, 7) is 1.93. The van der Waals surface area contributed by atoms with Gasteiger partial charge in [-0.05, 0) is 25.1 Å². The SMILES string of the molecule is CCOC(=O)c1cncn1-c1cc(N)ccc1F. The van der Waals surface area contributed by atoms with Gasteiger partial charge < -0.3 is 10.5 Å². The highest BCUT2D eigenvalue weighted by Crippen LogP contribution is 2.19. The molecule has 0 aliphatic carbocycles. The number of nitrogen functional groups attached to an aromatic ring is 1. The second kappa shape index (κ2) is 4.87. The number of imidazole rings is 1. The molecule has 0 aliphatic heterocycles. The second-order valence-electron chi connectivity index (χ2n) is 3.58. The Morgan fingerprint density at radius 3 is 3.06 bits per heavy atom. The second-order valence-corrected chi connectivity index (χ2v) is 3.58. The molecule has 2 aromatic rings. The van der Waals surface area contributed by atoms with E-state index in [-0.39, 0.29) is 18.0 Å². The summed E-state index contributed by atoms with van der Waals surface area (Å²) in [5, 5.41) is 0. The van der Waals surface area contributed by atoms with Crippen LogP contribution in [0.4, 0.5) is 10.1 Å². The number of nitrogens with zero attached hydrogens (tertiary/aromatic N) is 2. The van der Waals surface area contributed by atoms with Crippen molar-refractivity contribution in [2.45, 2.75) is 6.92 Å². The molecule has 0 unspecified atom stereocenters. The van der Waals surface area contributed by atoms with Crippen LogP contribution in [0.1, 0.15) is 17.4 Å². The Hall–Kier alpha value is -2.37. The number of hydrogen-bond donors (Lipinski definition) is 1. The summed E-state index contributed by atoms with van der Waals surface area (Å²) in [4.78, 5) is 15.5. The third-order valence-corrected chi connectivity index (χ3v) is 2.35. The normalized spacial score (nSPS) is 10.3. The Labute approximate surface area is 103 Å². The van der Waals surface area contributed by atoms with Crippen LogP contribution in [0.25, 0.3) is 5.69 Å². The van der Waals surface area contributed by atoms with Gasteiger partial charge >= 0.3 is 5.97 Å². The first-order chi connectivity index (χ1) is 8.63. The zero-order valence-corrected chi connectivity index (χ0v) is 9.76. The first-order valence-corrected chi connectivity index (χ1v) is 5.38. The number of halogens is 1. The van der Waals surface area contributed by atoms with Crippen molar-refractivity contribution in [1.82, 2.24) is 9.55 Å². The van der Waals surface area contributed by atoms with Crippen LogP contribution in [0.15, 0.2) is 30.7 Å². The fourth-order valence-electron chi connectivity index (χ4n) is 1.56. The number of esters is 1. The average molecular weight is 249 g/mol. The van der Waals surface area contributed by atoms with Crippen molar-refractivity contribution in [2.75, 3.05) is 12.3 Å². The molecule has 2 N–H and O–H groups in total. The number of hydrogen-bond acceptors (Lipinski definition) is 4. The van der Waals surface area contributed by atoms with Gasteiger partial charge in [-0.15, -0.1) is 0 Å². The van der Waals surface area contributed by atoms with Gasteiger partial charge in [-0.1, -0.05) is 0 Å². The monoisotopic (exact) mass is 249 g/mol. The molecule has 0 amide bonds. The van der Waals surface area contributed by atoms with E-state index in [2.05, 4.69) is 4.98 Å². The lowest BCUT2D eigenvalue weighted by Gasteiger charge is -2.09. The van der Waals surface area contributed by atoms with Gasteiger partial charge in [-0.25, -0.2) is 14.2 Å². The summed E-state index contributed by atoms with van der Waals surface area (Å²) in [6.07, 6.45) is 2.66. The summed E-state index contributed by atoms with van der Waals surface area (Å²) < 4.78 is 19.9. The summed E-state index contributed by atoms with van der Waals surface area (Å²) in [6, 6.07) is 4.11. The molecule has 6 heteroatoms. The predicted octanol–water partition coefficient (Wildman–Crippen LogP) is 1.77. The number of anilines is 1. The van der Waals surface area contributed by atoms with Crippen LogP contribution in [0.3, 0.4) is 0 Å². The van der Waals surface area contributed by atoms with Gasteiger partial charge in [0.1, 0.15) is 5.82 Å². The lowest BCUT2D eigenvalue weighted by molar-refractivity contribution is 0.0517. The number of benzene rings is 1. The van der Waals surface area contributed by atoms with E-state index in [1.807, 2.05) is 0 Å². The van der Waals surface area contributed by atoms with E-state index in [1.165, 1.54) is 35.3 Å². The topological polar surface area (TPSA) is 70.1 Å². The van der Waals surface area contributed by atoms with Gasteiger partial charge in [0.05, 0.1) is 24.8 Å². The highest BCUT2D eigenvalue weighted by atomic mass is 19.1. The van der Waals surface area contributed by atoms with Crippen molar-refractivity contribution in [2.24, 2.45) is 0 Å². The van der Waals surface area contributed by atoms with Crippen molar-refractivity contribution in [3.05, 3.63) is 42.2 Å². The number of aromatic nitrogens is 2. The predicted molar refractivity (Wildman–Crippen MR) is 63.9 cm³/mol. The number of carbonyl (C=O) groups is 1. The highest BCUT2D eigenvalue weighted by Gasteiger charge is 2.16. The van der Waals surface area contributed by atoms with Crippen LogP contribution >= 0.6 is 0 Å². The van der Waals surface area contributed by atoms with Crippen molar-refractivity contribution in [1.29, 1.82) is 0 Å². The minimum absolute atomic E-state index is 0.154. The molecule has 0 radical (unpaired) electrons. The van der Waals surface area contributed by atoms with Crippen LogP contribution in [0.5, 0.6) is 0 Å². The molecule has 1 aromatic heterocycles. The molecular weight excluding hydrogens is 237 g/mol. The molecule has 1 aromatic carbocycles. The van der Waals surface area contributed by atoms with Crippen molar-refractivity contribution in [3.63, 3.8) is 0 Å². The van der Waals surface area contributed by atoms with Gasteiger partial charge in [0.25, 0.3) is 0 Å². The highest BCUT2D eigenvalue weighted by molar-refractivity contribution is 5.88. The van der Waals surface area contributed by atoms with Crippen LogP contribution in [0, 0.1) is 5.82 Å². The molecule has 0 spiro atoms. The molecule has 0 aliphatic rings. The first-order valence-electron chi connectivity index (χ1n) is 5.38. The fraction of sp³-hybridized carbons (Fsp3) is 0.167. The third kappa shape index (κ3) is 2.17. The van der Waals surface area contributed by atoms with E-state index in [1.54, 1.807) is 6.92 Å². The number of carbonyl (C=O) groups excluding carboxylic acids is 1. The lowest BCUT2D eigenvalue weighted by atomic mass is 10.2. The molecule has 18 heavy (non-hydrogen) atoms. The van der Waals surface area contributed by atoms with Gasteiger partial charge in [0.15, 0.2) is 5.69 Å². The smallest absolute Gasteiger partial charge is 0.356 e. The maximum atomic E-state index is 13.7. The Balaban J connectivity index is 2.48. The Morgan fingerprint density at radius 1 is 1.56 bits per heavy atom. The Kier molecular flexibility index (Phi) is 3.27. The lowest BCUT2D eigenvalue weighted by Crippen LogP contribution is -2.11. The third-order valence-electron chi connectivity index (χ3n) is 2.35. The number of rotatable bonds is 3. The summed E-state index contributed by atoms with van der Waals surface area (Å²) in [7, 11) is 0. The van der Waals surface area contributed by atoms with E-state index in [4.69, 9.17) is 10.5 Å². The van der Waals surface area contributed by atoms with E-state index in [0.717, 1.165) is 0 Å². The van der Waals surface area contributed by atoms with Crippen LogP contribution in [-0.4, -0.2) is 22.1 Å². The minimum Gasteiger partial charge on any atom is -0.461 e. The minimum atomic E-state index is -0.558. The Bertz CT molecular complexity index is 580. The molecular formula is C12H12FN3O2. The van der Waals surface area contributed by atoms with Crippen molar-refractivity contribution < 1.29 is 13.9 Å². The van der Waals surface area contributed by atoms with Crippen LogP contribution < -0.4 is 5.73 Å². The molecule has 94 valence electrons. The standard InChI is InChI=1S/C12H12FN3O2/c1-2-18-12(17)11-6-15-7-16(11)10-5-8(14)3-4-9(10)13/h3-7H,2,14H2,1H3. The van der Waals surface area contributed by atoms with Gasteiger partial charge in [-0.3, -0.25) is 4.57 Å². The van der Waals surface area contributed by atoms with Gasteiger partial charge in [0, 0.05) is 5.69 Å². The van der Waals surface area contributed by atoms with Crippen LogP contribution in [-0.2, 0) is 4.74 Å². The zero-order valence-electron chi connectivity index (χ0n) is 9.76. The molecule has 0 fully saturated rings. The summed E-state index contributed by atoms with van der Waals surface area (Å²) in [5.41, 5.74) is 6.32. The van der Waals surface area contributed by atoms with Crippen molar-refractivity contribution >= 4 is 11.7 Å². The van der Waals surface area contributed by atoms with Gasteiger partial charge in [0.2, 0.25) is 0 Å². The molecule has 0 saturated heterocycles. The molecule has 2 rings (SSSR count). The van der Waals surface area contributed by atoms with Crippen molar-refractivity contribution in [3.8, 4) is 5.69 Å². The summed E-state index contributed by atoms with van der Waals surface area (Å²) >= 11 is 0.